The Labute approximate surface area is 126 Å². The highest BCUT2D eigenvalue weighted by Gasteiger charge is 2.43. The highest BCUT2D eigenvalue weighted by atomic mass is 79.9. The summed E-state index contributed by atoms with van der Waals surface area (Å²) in [5.74, 6) is -0.667. The van der Waals surface area contributed by atoms with Crippen molar-refractivity contribution in [3.8, 4) is 0 Å². The predicted octanol–water partition coefficient (Wildman–Crippen LogP) is 4.60. The number of hydrogen-bond donors (Lipinski definition) is 1. The number of benzene rings is 1. The Balaban J connectivity index is 1.91. The van der Waals surface area contributed by atoms with E-state index in [2.05, 4.69) is 22.0 Å². The molecule has 1 N–H and O–H groups in total. The van der Waals surface area contributed by atoms with E-state index < -0.39 is 11.4 Å². The molecule has 1 aromatic rings. The van der Waals surface area contributed by atoms with Crippen molar-refractivity contribution < 1.29 is 9.90 Å². The number of carboxylic acid groups (broad SMARTS) is 1. The average Bonchev–Trinajstić information content (AvgIpc) is 3.05. The van der Waals surface area contributed by atoms with E-state index in [1.807, 2.05) is 23.9 Å². The van der Waals surface area contributed by atoms with Crippen LogP contribution in [0.5, 0.6) is 0 Å². The molecule has 102 valence electrons. The number of carbonyl (C=O) groups is 1. The van der Waals surface area contributed by atoms with Crippen LogP contribution in [0, 0.1) is 0 Å². The number of hydrogen-bond acceptors (Lipinski definition) is 2. The summed E-state index contributed by atoms with van der Waals surface area (Å²) in [7, 11) is 0. The Morgan fingerprint density at radius 2 is 2.00 bits per heavy atom. The lowest BCUT2D eigenvalue weighted by Crippen LogP contribution is -2.32. The first-order valence-corrected chi connectivity index (χ1v) is 8.49. The van der Waals surface area contributed by atoms with Crippen LogP contribution in [0.2, 0.25) is 0 Å². The second kappa shape index (κ2) is 5.13. The number of thioether (sulfide) groups is 1. The smallest absolute Gasteiger partial charge is 0.314 e. The van der Waals surface area contributed by atoms with Gasteiger partial charge in [-0.15, -0.1) is 11.8 Å². The van der Waals surface area contributed by atoms with Crippen LogP contribution in [0.4, 0.5) is 0 Å². The zero-order valence-electron chi connectivity index (χ0n) is 10.7. The van der Waals surface area contributed by atoms with Crippen LogP contribution < -0.4 is 0 Å². The first-order valence-electron chi connectivity index (χ1n) is 6.82. The van der Waals surface area contributed by atoms with Gasteiger partial charge in [-0.25, -0.2) is 0 Å². The van der Waals surface area contributed by atoms with Gasteiger partial charge in [0.05, 0.1) is 5.41 Å². The molecule has 2 nitrogen and oxygen atoms in total. The molecule has 2 saturated carbocycles. The largest absolute Gasteiger partial charge is 0.481 e. The lowest BCUT2D eigenvalue weighted by atomic mass is 9.79. The van der Waals surface area contributed by atoms with Crippen molar-refractivity contribution in [2.75, 3.05) is 0 Å². The van der Waals surface area contributed by atoms with Crippen molar-refractivity contribution in [1.82, 2.24) is 0 Å². The fourth-order valence-corrected chi connectivity index (χ4v) is 4.57. The molecule has 0 heterocycles. The van der Waals surface area contributed by atoms with E-state index in [1.165, 1.54) is 17.7 Å². The molecule has 19 heavy (non-hydrogen) atoms. The van der Waals surface area contributed by atoms with Gasteiger partial charge < -0.3 is 5.11 Å². The van der Waals surface area contributed by atoms with E-state index in [4.69, 9.17) is 0 Å². The second-order valence-electron chi connectivity index (χ2n) is 5.56. The van der Waals surface area contributed by atoms with E-state index in [1.54, 1.807) is 0 Å². The van der Waals surface area contributed by atoms with Gasteiger partial charge in [0.15, 0.2) is 0 Å². The molecule has 1 aromatic carbocycles. The number of rotatable bonds is 4. The molecule has 0 aromatic heterocycles. The van der Waals surface area contributed by atoms with Gasteiger partial charge in [-0.2, -0.15) is 0 Å². The minimum Gasteiger partial charge on any atom is -0.481 e. The van der Waals surface area contributed by atoms with Gasteiger partial charge in [0.2, 0.25) is 0 Å². The summed E-state index contributed by atoms with van der Waals surface area (Å²) in [6.07, 6.45) is 6.18. The molecule has 0 atom stereocenters. The minimum atomic E-state index is -0.667. The summed E-state index contributed by atoms with van der Waals surface area (Å²) in [5, 5.41) is 10.4. The summed E-state index contributed by atoms with van der Waals surface area (Å²) in [6, 6.07) is 6.14. The minimum absolute atomic E-state index is 0.648. The van der Waals surface area contributed by atoms with Gasteiger partial charge >= 0.3 is 5.97 Å². The van der Waals surface area contributed by atoms with Gasteiger partial charge in [0.25, 0.3) is 0 Å². The Morgan fingerprint density at radius 3 is 2.53 bits per heavy atom. The van der Waals surface area contributed by atoms with E-state index in [0.29, 0.717) is 0 Å². The van der Waals surface area contributed by atoms with Crippen LogP contribution in [0.25, 0.3) is 0 Å². The monoisotopic (exact) mass is 340 g/mol. The lowest BCUT2D eigenvalue weighted by molar-refractivity contribution is -0.143. The van der Waals surface area contributed by atoms with Crippen LogP contribution in [0.1, 0.15) is 44.1 Å². The summed E-state index contributed by atoms with van der Waals surface area (Å²) >= 11 is 5.51. The van der Waals surface area contributed by atoms with Crippen molar-refractivity contribution in [2.24, 2.45) is 0 Å². The Morgan fingerprint density at radius 1 is 1.32 bits per heavy atom. The van der Waals surface area contributed by atoms with Crippen molar-refractivity contribution >= 4 is 33.7 Å². The third-order valence-corrected chi connectivity index (χ3v) is 6.50. The SMILES string of the molecule is O=C(O)C1(c2ccc(SC3CC3)c(Br)c2)CCCC1. The molecule has 0 aliphatic heterocycles. The Bertz CT molecular complexity index is 505. The third-order valence-electron chi connectivity index (χ3n) is 4.17. The summed E-state index contributed by atoms with van der Waals surface area (Å²) in [5.41, 5.74) is 0.315. The van der Waals surface area contributed by atoms with E-state index in [9.17, 15) is 9.90 Å². The van der Waals surface area contributed by atoms with Crippen molar-refractivity contribution in [3.63, 3.8) is 0 Å². The van der Waals surface area contributed by atoms with E-state index in [-0.39, 0.29) is 0 Å². The highest BCUT2D eigenvalue weighted by Crippen LogP contribution is 2.46. The maximum absolute atomic E-state index is 11.7. The molecule has 2 fully saturated rings. The Hall–Kier alpha value is -0.480. The van der Waals surface area contributed by atoms with Crippen LogP contribution in [-0.2, 0) is 10.2 Å². The molecule has 0 radical (unpaired) electrons. The Kier molecular flexibility index (Phi) is 3.65. The van der Waals surface area contributed by atoms with Crippen LogP contribution in [0.3, 0.4) is 0 Å². The summed E-state index contributed by atoms with van der Waals surface area (Å²) < 4.78 is 1.05. The third kappa shape index (κ3) is 2.57. The molecule has 0 spiro atoms. The normalized spacial score (nSPS) is 21.5. The first-order chi connectivity index (χ1) is 9.12. The van der Waals surface area contributed by atoms with Gasteiger partial charge in [-0.3, -0.25) is 4.79 Å². The number of carboxylic acids is 1. The second-order valence-corrected chi connectivity index (χ2v) is 7.75. The fourth-order valence-electron chi connectivity index (χ4n) is 2.86. The maximum Gasteiger partial charge on any atom is 0.314 e. The zero-order valence-corrected chi connectivity index (χ0v) is 13.1. The summed E-state index contributed by atoms with van der Waals surface area (Å²) in [6.45, 7) is 0. The molecule has 4 heteroatoms. The molecule has 0 bridgehead atoms. The number of aliphatic carboxylic acids is 1. The van der Waals surface area contributed by atoms with E-state index >= 15 is 0 Å². The molecule has 0 unspecified atom stereocenters. The predicted molar refractivity (Wildman–Crippen MR) is 80.8 cm³/mol. The van der Waals surface area contributed by atoms with Gasteiger partial charge in [-0.05, 0) is 59.3 Å². The van der Waals surface area contributed by atoms with Gasteiger partial charge in [0.1, 0.15) is 0 Å². The van der Waals surface area contributed by atoms with Gasteiger partial charge in [-0.1, -0.05) is 18.9 Å². The van der Waals surface area contributed by atoms with Crippen molar-refractivity contribution in [1.29, 1.82) is 0 Å². The van der Waals surface area contributed by atoms with E-state index in [0.717, 1.165) is 41.0 Å². The van der Waals surface area contributed by atoms with Crippen LogP contribution in [-0.4, -0.2) is 16.3 Å². The molecular weight excluding hydrogens is 324 g/mol. The summed E-state index contributed by atoms with van der Waals surface area (Å²) in [4.78, 5) is 12.9. The fraction of sp³-hybridized carbons (Fsp3) is 0.533. The quantitative estimate of drug-likeness (QED) is 0.870. The molecule has 2 aliphatic rings. The molecular formula is C15H17BrO2S. The first kappa shape index (κ1) is 13.5. The molecule has 0 saturated heterocycles. The zero-order chi connectivity index (χ0) is 13.5. The molecule has 0 amide bonds. The lowest BCUT2D eigenvalue weighted by Gasteiger charge is -2.25. The van der Waals surface area contributed by atoms with Crippen molar-refractivity contribution in [2.45, 2.75) is 54.1 Å². The molecule has 2 aliphatic carbocycles. The average molecular weight is 341 g/mol. The van der Waals surface area contributed by atoms with Crippen LogP contribution in [0.15, 0.2) is 27.6 Å². The topological polar surface area (TPSA) is 37.3 Å². The number of halogens is 1. The highest BCUT2D eigenvalue weighted by molar-refractivity contribution is 9.10. The maximum atomic E-state index is 11.7. The van der Waals surface area contributed by atoms with Crippen molar-refractivity contribution in [3.05, 3.63) is 28.2 Å². The standard InChI is InChI=1S/C15H17BrO2S/c16-12-9-10(3-6-13(12)19-11-4-5-11)15(14(17)18)7-1-2-8-15/h3,6,9,11H,1-2,4-5,7-8H2,(H,17,18). The van der Waals surface area contributed by atoms with Gasteiger partial charge in [0, 0.05) is 14.6 Å². The van der Waals surface area contributed by atoms with Crippen LogP contribution >= 0.6 is 27.7 Å². The molecule has 3 rings (SSSR count).